The molecule has 13 nitrogen and oxygen atoms in total. The predicted octanol–water partition coefficient (Wildman–Crippen LogP) is 5.87. The fourth-order valence-corrected chi connectivity index (χ4v) is 4.51. The van der Waals surface area contributed by atoms with Crippen molar-refractivity contribution >= 4 is 17.1 Å². The van der Waals surface area contributed by atoms with Crippen LogP contribution in [0.2, 0.25) is 0 Å². The molecule has 3 aliphatic heterocycles. The van der Waals surface area contributed by atoms with E-state index in [2.05, 4.69) is 0 Å². The lowest BCUT2D eigenvalue weighted by atomic mass is 10.1. The van der Waals surface area contributed by atoms with E-state index in [-0.39, 0.29) is 29.7 Å². The van der Waals surface area contributed by atoms with Crippen LogP contribution in [-0.4, -0.2) is 72.9 Å². The minimum absolute atomic E-state index is 0.0598. The summed E-state index contributed by atoms with van der Waals surface area (Å²) in [5.41, 5.74) is 6.24. The number of nitro groups is 2. The van der Waals surface area contributed by atoms with Crippen LogP contribution in [0.1, 0.15) is 38.5 Å². The summed E-state index contributed by atoms with van der Waals surface area (Å²) < 4.78 is 39.1. The van der Waals surface area contributed by atoms with Crippen molar-refractivity contribution in [2.75, 3.05) is 45.4 Å². The first-order chi connectivity index (χ1) is 22.7. The fraction of sp³-hybridized carbons (Fsp3) is 0.455. The first-order valence-electron chi connectivity index (χ1n) is 15.4. The molecule has 3 aromatic rings. The van der Waals surface area contributed by atoms with E-state index in [9.17, 15) is 24.6 Å². The minimum Gasteiger partial charge on any atom is -0.490 e. The van der Waals surface area contributed by atoms with E-state index in [1.165, 1.54) is 24.3 Å². The van der Waals surface area contributed by atoms with Crippen LogP contribution < -0.4 is 15.2 Å². The van der Waals surface area contributed by atoms with Crippen LogP contribution in [-0.2, 0) is 14.2 Å². The summed E-state index contributed by atoms with van der Waals surface area (Å²) in [6.07, 6.45) is 5.55. The second-order valence-electron chi connectivity index (χ2n) is 10.8. The molecule has 3 saturated heterocycles. The molecule has 0 bridgehead atoms. The predicted molar refractivity (Wildman–Crippen MR) is 172 cm³/mol. The smallest absolute Gasteiger partial charge is 0.273 e. The number of rotatable bonds is 6. The van der Waals surface area contributed by atoms with Gasteiger partial charge in [-0.1, -0.05) is 18.2 Å². The monoisotopic (exact) mass is 659 g/mol. The molecule has 3 fully saturated rings. The minimum atomic E-state index is -0.636. The quantitative estimate of drug-likeness (QED) is 0.184. The van der Waals surface area contributed by atoms with Crippen molar-refractivity contribution in [3.8, 4) is 11.5 Å². The standard InChI is InChI=1S/C11H13NO4.C11H15NO2.C6H4FNO2.C5H10O2/c13-12(14)9-2-1-3-11(8-9)16-10-4-6-15-7-5-10;12-9-2-1-3-11(8-9)14-10-4-6-13-7-5-10;7-5-2-1-3-6(4-5)8(9)10;6-5-1-3-7-4-2-5/h1-3,8,10H,4-7H2;1-3,8,10H,4-7,12H2;1-4H;5-6H,1-4H2. The third kappa shape index (κ3) is 15.2. The Morgan fingerprint density at radius 1 is 0.660 bits per heavy atom. The molecule has 0 spiro atoms. The zero-order valence-corrected chi connectivity index (χ0v) is 26.1. The molecule has 0 amide bonds. The molecule has 3 heterocycles. The van der Waals surface area contributed by atoms with Crippen LogP contribution in [0.4, 0.5) is 21.5 Å². The number of benzene rings is 3. The van der Waals surface area contributed by atoms with Crippen molar-refractivity contribution in [2.24, 2.45) is 0 Å². The normalized spacial score (nSPS) is 16.9. The maximum absolute atomic E-state index is 12.2. The molecule has 47 heavy (non-hydrogen) atoms. The Balaban J connectivity index is 0.000000177. The Labute approximate surface area is 272 Å². The van der Waals surface area contributed by atoms with E-state index in [0.717, 1.165) is 88.5 Å². The third-order valence-corrected chi connectivity index (χ3v) is 7.04. The zero-order valence-electron chi connectivity index (χ0n) is 26.1. The number of nitro benzene ring substituents is 2. The Morgan fingerprint density at radius 2 is 1.09 bits per heavy atom. The summed E-state index contributed by atoms with van der Waals surface area (Å²) in [7, 11) is 0. The Morgan fingerprint density at radius 3 is 1.49 bits per heavy atom. The molecule has 0 aromatic heterocycles. The number of aliphatic hydroxyl groups excluding tert-OH is 1. The van der Waals surface area contributed by atoms with Crippen molar-refractivity contribution in [3.05, 3.63) is 98.8 Å². The molecule has 0 aliphatic carbocycles. The topological polar surface area (TPSA) is 179 Å². The summed E-state index contributed by atoms with van der Waals surface area (Å²) in [6, 6.07) is 18.4. The van der Waals surface area contributed by atoms with Gasteiger partial charge in [-0.25, -0.2) is 4.39 Å². The van der Waals surface area contributed by atoms with E-state index >= 15 is 0 Å². The van der Waals surface area contributed by atoms with Crippen molar-refractivity contribution in [1.82, 2.24) is 0 Å². The van der Waals surface area contributed by atoms with E-state index in [4.69, 9.17) is 34.5 Å². The van der Waals surface area contributed by atoms with Crippen molar-refractivity contribution in [1.29, 1.82) is 0 Å². The molecule has 0 radical (unpaired) electrons. The second-order valence-corrected chi connectivity index (χ2v) is 10.8. The van der Waals surface area contributed by atoms with Gasteiger partial charge in [-0.3, -0.25) is 20.2 Å². The lowest BCUT2D eigenvalue weighted by Gasteiger charge is -2.23. The van der Waals surface area contributed by atoms with Crippen LogP contribution in [0.5, 0.6) is 11.5 Å². The highest BCUT2D eigenvalue weighted by Crippen LogP contribution is 2.23. The molecule has 256 valence electrons. The highest BCUT2D eigenvalue weighted by molar-refractivity contribution is 5.43. The molecule has 6 rings (SSSR count). The van der Waals surface area contributed by atoms with Crippen LogP contribution in [0, 0.1) is 26.0 Å². The molecule has 3 aliphatic rings. The van der Waals surface area contributed by atoms with Gasteiger partial charge in [0.15, 0.2) is 0 Å². The highest BCUT2D eigenvalue weighted by atomic mass is 19.1. The van der Waals surface area contributed by atoms with Crippen LogP contribution in [0.25, 0.3) is 0 Å². The lowest BCUT2D eigenvalue weighted by molar-refractivity contribution is -0.385. The molecule has 0 saturated carbocycles. The molecule has 3 N–H and O–H groups in total. The van der Waals surface area contributed by atoms with Gasteiger partial charge in [-0.2, -0.15) is 0 Å². The van der Waals surface area contributed by atoms with E-state index < -0.39 is 15.7 Å². The van der Waals surface area contributed by atoms with Gasteiger partial charge in [0.2, 0.25) is 0 Å². The second kappa shape index (κ2) is 20.7. The zero-order chi connectivity index (χ0) is 33.9. The largest absolute Gasteiger partial charge is 0.490 e. The van der Waals surface area contributed by atoms with Gasteiger partial charge in [0, 0.05) is 62.8 Å². The SMILES string of the molecule is Nc1cccc(OC2CCOCC2)c1.O=[N+]([O-])c1cccc(F)c1.O=[N+]([O-])c1cccc(OC2CCOCC2)c1.OC1CCOCC1. The average molecular weight is 660 g/mol. The Bertz CT molecular complexity index is 1360. The van der Waals surface area contributed by atoms with Gasteiger partial charge in [0.25, 0.3) is 11.4 Å². The molecular formula is C33H42FN3O10. The van der Waals surface area contributed by atoms with Crippen molar-refractivity contribution < 1.29 is 43.0 Å². The van der Waals surface area contributed by atoms with E-state index in [0.29, 0.717) is 19.0 Å². The molecule has 14 heteroatoms. The number of anilines is 1. The molecule has 0 atom stereocenters. The number of ether oxygens (including phenoxy) is 5. The van der Waals surface area contributed by atoms with Gasteiger partial charge in [-0.15, -0.1) is 0 Å². The fourth-order valence-electron chi connectivity index (χ4n) is 4.51. The molecular weight excluding hydrogens is 617 g/mol. The molecule has 3 aromatic carbocycles. The number of nitrogens with zero attached hydrogens (tertiary/aromatic N) is 2. The van der Waals surface area contributed by atoms with Gasteiger partial charge < -0.3 is 34.5 Å². The average Bonchev–Trinajstić information content (AvgIpc) is 3.07. The number of aliphatic hydroxyl groups is 1. The first kappa shape index (κ1) is 37.1. The van der Waals surface area contributed by atoms with Crippen molar-refractivity contribution in [3.63, 3.8) is 0 Å². The van der Waals surface area contributed by atoms with Crippen LogP contribution >= 0.6 is 0 Å². The number of nitrogen functional groups attached to an aromatic ring is 1. The van der Waals surface area contributed by atoms with Gasteiger partial charge in [-0.05, 0) is 37.1 Å². The lowest BCUT2D eigenvalue weighted by Crippen LogP contribution is -2.25. The number of hydrogen-bond acceptors (Lipinski definition) is 11. The number of non-ortho nitro benzene ring substituents is 2. The Kier molecular flexibility index (Phi) is 16.3. The number of halogens is 1. The van der Waals surface area contributed by atoms with Gasteiger partial charge in [0.1, 0.15) is 29.5 Å². The third-order valence-electron chi connectivity index (χ3n) is 7.04. The number of nitrogens with two attached hydrogens (primary N) is 1. The first-order valence-corrected chi connectivity index (χ1v) is 15.4. The van der Waals surface area contributed by atoms with Gasteiger partial charge >= 0.3 is 0 Å². The summed E-state index contributed by atoms with van der Waals surface area (Å²) in [4.78, 5) is 19.5. The summed E-state index contributed by atoms with van der Waals surface area (Å²) in [6.45, 7) is 4.46. The molecule has 0 unspecified atom stereocenters. The van der Waals surface area contributed by atoms with Crippen LogP contribution in [0.3, 0.4) is 0 Å². The summed E-state index contributed by atoms with van der Waals surface area (Å²) >= 11 is 0. The van der Waals surface area contributed by atoms with Gasteiger partial charge in [0.05, 0.1) is 54.5 Å². The van der Waals surface area contributed by atoms with Crippen LogP contribution in [0.15, 0.2) is 72.8 Å². The maximum Gasteiger partial charge on any atom is 0.273 e. The highest BCUT2D eigenvalue weighted by Gasteiger charge is 2.17. The van der Waals surface area contributed by atoms with Crippen molar-refractivity contribution in [2.45, 2.75) is 56.8 Å². The maximum atomic E-state index is 12.2. The van der Waals surface area contributed by atoms with E-state index in [1.807, 2.05) is 24.3 Å². The Hall–Kier alpha value is -4.37. The summed E-state index contributed by atoms with van der Waals surface area (Å²) in [5, 5.41) is 29.4. The number of hydrogen-bond donors (Lipinski definition) is 2. The van der Waals surface area contributed by atoms with E-state index in [1.54, 1.807) is 12.1 Å². The summed E-state index contributed by atoms with van der Waals surface area (Å²) in [5.74, 6) is 0.826.